The van der Waals surface area contributed by atoms with Gasteiger partial charge in [-0.2, -0.15) is 0 Å². The topological polar surface area (TPSA) is 145 Å². The fourth-order valence-corrected chi connectivity index (χ4v) is 12.1. The summed E-state index contributed by atoms with van der Waals surface area (Å²) in [7, 11) is 0. The number of benzene rings is 4. The number of carboxylic acid groups (broad SMARTS) is 1. The quantitative estimate of drug-likeness (QED) is 0.0837. The van der Waals surface area contributed by atoms with E-state index in [9.17, 15) is 33.4 Å². The number of aliphatic hydroxyl groups excluding tert-OH is 1. The maximum Gasteiger partial charge on any atom is 0.321 e. The Kier molecular flexibility index (Phi) is 17.2. The smallest absolute Gasteiger partial charge is 0.321 e. The number of H-pyrrole nitrogens is 2. The molecule has 386 valence electrons. The number of aromatic amines is 2. The van der Waals surface area contributed by atoms with Crippen molar-refractivity contribution in [1.29, 1.82) is 0 Å². The molecule has 4 N–H and O–H groups in total. The summed E-state index contributed by atoms with van der Waals surface area (Å²) in [5.41, 5.74) is 5.51. The van der Waals surface area contributed by atoms with Gasteiger partial charge in [-0.1, -0.05) is 65.7 Å². The number of carbonyl (C=O) groups excluding carboxylic acids is 2. The van der Waals surface area contributed by atoms with Crippen LogP contribution in [0, 0.1) is 23.5 Å². The zero-order valence-electron chi connectivity index (χ0n) is 40.9. The van der Waals surface area contributed by atoms with Crippen molar-refractivity contribution in [2.45, 2.75) is 75.3 Å². The number of aliphatic carboxylic acids is 1. The summed E-state index contributed by atoms with van der Waals surface area (Å²) in [6, 6.07) is 24.9. The third-order valence-electron chi connectivity index (χ3n) is 15.8. The monoisotopic (exact) mass is 1040 g/mol. The van der Waals surface area contributed by atoms with Gasteiger partial charge < -0.3 is 34.7 Å². The van der Waals surface area contributed by atoms with E-state index < -0.39 is 23.6 Å². The van der Waals surface area contributed by atoms with Crippen LogP contribution in [-0.2, 0) is 14.4 Å². The molecule has 2 atom stereocenters. The molecule has 0 saturated carbocycles. The van der Waals surface area contributed by atoms with E-state index in [0.29, 0.717) is 78.1 Å². The van der Waals surface area contributed by atoms with Gasteiger partial charge in [-0.05, 0) is 160 Å². The summed E-state index contributed by atoms with van der Waals surface area (Å²) in [5.74, 6) is -1.03. The van der Waals surface area contributed by atoms with Crippen LogP contribution in [-0.4, -0.2) is 135 Å². The molecule has 2 amide bonds. The predicted molar refractivity (Wildman–Crippen MR) is 282 cm³/mol. The Hall–Kier alpha value is -5.77. The van der Waals surface area contributed by atoms with Gasteiger partial charge in [0, 0.05) is 78.6 Å². The van der Waals surface area contributed by atoms with Crippen LogP contribution in [0.4, 0.5) is 8.78 Å². The number of aromatic nitrogens is 2. The SMILES string of the molecule is O=C(/C=C/c1ccc(F)c(F)c1)N1CCC(C(CO)N2CCC(c3c[nH]c4ccccc34)CC2)CC1.O=C(O)C(C1CCN(C(=O)COc2ccc(Cl)c(Cl)c2)CC1)N1CCC(c2c[nH]c3ccccc23)CC1. The van der Waals surface area contributed by atoms with Crippen molar-refractivity contribution in [2.24, 2.45) is 11.8 Å². The molecular formula is C57H64Cl2F2N6O6. The van der Waals surface area contributed by atoms with Gasteiger partial charge in [0.2, 0.25) is 5.91 Å². The van der Waals surface area contributed by atoms with Crippen molar-refractivity contribution in [3.63, 3.8) is 0 Å². The number of hydrogen-bond donors (Lipinski definition) is 4. The molecule has 2 unspecified atom stereocenters. The number of hydrogen-bond acceptors (Lipinski definition) is 7. The van der Waals surface area contributed by atoms with Crippen molar-refractivity contribution in [1.82, 2.24) is 29.6 Å². The molecule has 0 radical (unpaired) electrons. The molecule has 6 heterocycles. The number of halogens is 4. The maximum absolute atomic E-state index is 13.4. The number of carbonyl (C=O) groups is 3. The summed E-state index contributed by atoms with van der Waals surface area (Å²) in [5, 5.41) is 23.8. The van der Waals surface area contributed by atoms with Gasteiger partial charge in [-0.15, -0.1) is 0 Å². The highest BCUT2D eigenvalue weighted by molar-refractivity contribution is 6.42. The molecule has 2 aromatic heterocycles. The van der Waals surface area contributed by atoms with Gasteiger partial charge in [0.25, 0.3) is 5.91 Å². The molecule has 4 fully saturated rings. The van der Waals surface area contributed by atoms with E-state index in [-0.39, 0.29) is 37.0 Å². The number of para-hydroxylation sites is 2. The first kappa shape index (κ1) is 52.1. The summed E-state index contributed by atoms with van der Waals surface area (Å²) in [6.45, 7) is 5.82. The first-order valence-corrected chi connectivity index (χ1v) is 26.4. The van der Waals surface area contributed by atoms with Gasteiger partial charge in [-0.25, -0.2) is 8.78 Å². The average molecular weight is 1040 g/mol. The minimum atomic E-state index is -0.925. The Morgan fingerprint density at radius 1 is 0.658 bits per heavy atom. The molecule has 0 spiro atoms. The summed E-state index contributed by atoms with van der Waals surface area (Å²) >= 11 is 11.9. The second-order valence-corrected chi connectivity index (χ2v) is 20.8. The molecule has 12 nitrogen and oxygen atoms in total. The summed E-state index contributed by atoms with van der Waals surface area (Å²) < 4.78 is 32.1. The van der Waals surface area contributed by atoms with Crippen LogP contribution < -0.4 is 4.74 Å². The van der Waals surface area contributed by atoms with Crippen molar-refractivity contribution in [2.75, 3.05) is 65.6 Å². The van der Waals surface area contributed by atoms with Gasteiger partial charge >= 0.3 is 5.97 Å². The highest BCUT2D eigenvalue weighted by atomic mass is 35.5. The molecular weight excluding hydrogens is 974 g/mol. The number of nitrogens with one attached hydrogen (secondary N) is 2. The van der Waals surface area contributed by atoms with E-state index >= 15 is 0 Å². The normalized spacial score (nSPS) is 19.0. The Morgan fingerprint density at radius 3 is 1.78 bits per heavy atom. The van der Waals surface area contributed by atoms with Crippen LogP contribution in [0.5, 0.6) is 5.75 Å². The molecule has 73 heavy (non-hydrogen) atoms. The molecule has 4 saturated heterocycles. The molecule has 16 heteroatoms. The highest BCUT2D eigenvalue weighted by Crippen LogP contribution is 2.38. The first-order chi connectivity index (χ1) is 35.4. The fraction of sp³-hybridized carbons (Fsp3) is 0.421. The largest absolute Gasteiger partial charge is 0.484 e. The molecule has 0 bridgehead atoms. The number of fused-ring (bicyclic) bond motifs is 2. The third kappa shape index (κ3) is 12.4. The molecule has 4 aromatic carbocycles. The second-order valence-electron chi connectivity index (χ2n) is 20.0. The van der Waals surface area contributed by atoms with Crippen molar-refractivity contribution in [3.05, 3.63) is 142 Å². The van der Waals surface area contributed by atoms with Gasteiger partial charge in [-0.3, -0.25) is 24.2 Å². The molecule has 6 aromatic rings. The number of carboxylic acids is 1. The van der Waals surface area contributed by atoms with Crippen LogP contribution in [0.15, 0.2) is 103 Å². The van der Waals surface area contributed by atoms with Gasteiger partial charge in [0.05, 0.1) is 16.7 Å². The third-order valence-corrected chi connectivity index (χ3v) is 16.6. The molecule has 4 aliphatic heterocycles. The van der Waals surface area contributed by atoms with Gasteiger partial charge in [0.15, 0.2) is 18.2 Å². The van der Waals surface area contributed by atoms with Crippen LogP contribution in [0.1, 0.15) is 79.9 Å². The zero-order chi connectivity index (χ0) is 51.0. The molecule has 0 aliphatic carbocycles. The number of likely N-dealkylation sites (tertiary alicyclic amines) is 4. The minimum absolute atomic E-state index is 0.0159. The first-order valence-electron chi connectivity index (χ1n) is 25.7. The maximum atomic E-state index is 13.4. The van der Waals surface area contributed by atoms with Crippen molar-refractivity contribution >= 4 is 68.9 Å². The number of nitrogens with zero attached hydrogens (tertiary/aromatic N) is 4. The van der Waals surface area contributed by atoms with Crippen molar-refractivity contribution < 1.29 is 38.1 Å². The lowest BCUT2D eigenvalue weighted by Gasteiger charge is -2.43. The van der Waals surface area contributed by atoms with Crippen LogP contribution in [0.2, 0.25) is 10.0 Å². The number of ether oxygens (including phenoxy) is 1. The Balaban J connectivity index is 0.000000180. The number of rotatable bonds is 13. The Labute approximate surface area is 434 Å². The Morgan fingerprint density at radius 2 is 1.22 bits per heavy atom. The summed E-state index contributed by atoms with van der Waals surface area (Å²) in [4.78, 5) is 52.6. The average Bonchev–Trinajstić information content (AvgIpc) is 4.06. The van der Waals surface area contributed by atoms with E-state index in [4.69, 9.17) is 27.9 Å². The predicted octanol–water partition coefficient (Wildman–Crippen LogP) is 10.4. The standard InChI is InChI=1S/C29H33F2N3O2.C28H31Cl2N3O4/c30-25-7-5-20(17-26(25)31)6-8-29(36)34-15-11-22(12-16-34)28(19-35)33-13-9-21(10-14-33)24-18-32-27-4-2-1-3-23(24)27;29-23-6-5-20(15-24(23)30)37-17-26(34)32-11-9-19(10-12-32)27(28(35)36)33-13-7-18(8-14-33)22-16-31-25-4-2-1-3-21(22)25/h1-8,17-18,21-22,28,32,35H,9-16,19H2;1-6,15-16,18-19,27,31H,7-14,17H2,(H,35,36)/b8-6+;. The number of aliphatic hydroxyl groups is 1. The zero-order valence-corrected chi connectivity index (χ0v) is 42.4. The van der Waals surface area contributed by atoms with Crippen molar-refractivity contribution in [3.8, 4) is 5.75 Å². The van der Waals surface area contributed by atoms with E-state index in [1.807, 2.05) is 6.07 Å². The minimum Gasteiger partial charge on any atom is -0.484 e. The molecule has 10 rings (SSSR count). The lowest BCUT2D eigenvalue weighted by Crippen LogP contribution is -2.52. The van der Waals surface area contributed by atoms with E-state index in [0.717, 1.165) is 82.4 Å². The molecule has 4 aliphatic rings. The summed E-state index contributed by atoms with van der Waals surface area (Å²) in [6.07, 6.45) is 14.3. The number of piperidine rings is 4. The van der Waals surface area contributed by atoms with E-state index in [2.05, 4.69) is 74.6 Å². The lowest BCUT2D eigenvalue weighted by atomic mass is 9.84. The van der Waals surface area contributed by atoms with Gasteiger partial charge in [0.1, 0.15) is 11.8 Å². The van der Waals surface area contributed by atoms with Crippen LogP contribution >= 0.6 is 23.2 Å². The lowest BCUT2D eigenvalue weighted by molar-refractivity contribution is -0.147. The number of amides is 2. The van der Waals surface area contributed by atoms with E-state index in [1.165, 1.54) is 45.6 Å². The fourth-order valence-electron chi connectivity index (χ4n) is 11.8. The van der Waals surface area contributed by atoms with Crippen LogP contribution in [0.25, 0.3) is 27.9 Å². The van der Waals surface area contributed by atoms with Crippen LogP contribution in [0.3, 0.4) is 0 Å². The Bertz CT molecular complexity index is 2880. The second kappa shape index (κ2) is 24.1. The highest BCUT2D eigenvalue weighted by Gasteiger charge is 2.39. The van der Waals surface area contributed by atoms with E-state index in [1.54, 1.807) is 28.0 Å².